The number of hydrogen-bond acceptors (Lipinski definition) is 4. The number of aryl methyl sites for hydroxylation is 1. The first-order valence-corrected chi connectivity index (χ1v) is 12.0. The molecule has 0 amide bonds. The highest BCUT2D eigenvalue weighted by atomic mass is 35.5. The maximum absolute atomic E-state index is 10.6. The second-order valence-electron chi connectivity index (χ2n) is 8.49. The number of aromatic hydroxyl groups is 1. The molecular formula is C27H25ClN4O2S. The van der Waals surface area contributed by atoms with Crippen molar-refractivity contribution in [2.24, 2.45) is 0 Å². The quantitative estimate of drug-likeness (QED) is 0.323. The van der Waals surface area contributed by atoms with Gasteiger partial charge < -0.3 is 24.6 Å². The minimum atomic E-state index is -0.189. The summed E-state index contributed by atoms with van der Waals surface area (Å²) in [7, 11) is 1.65. The number of anilines is 1. The molecule has 1 saturated heterocycles. The molecule has 0 bridgehead atoms. The highest BCUT2D eigenvalue weighted by Crippen LogP contribution is 2.44. The normalized spacial score (nSPS) is 17.5. The maximum Gasteiger partial charge on any atom is 0.174 e. The van der Waals surface area contributed by atoms with Gasteiger partial charge in [-0.3, -0.25) is 4.98 Å². The largest absolute Gasteiger partial charge is 0.506 e. The zero-order valence-corrected chi connectivity index (χ0v) is 21.1. The second kappa shape index (κ2) is 9.24. The summed E-state index contributed by atoms with van der Waals surface area (Å²) in [4.78, 5) is 6.75. The van der Waals surface area contributed by atoms with Crippen molar-refractivity contribution in [3.05, 3.63) is 101 Å². The van der Waals surface area contributed by atoms with Gasteiger partial charge in [0.15, 0.2) is 5.11 Å². The van der Waals surface area contributed by atoms with Gasteiger partial charge in [0.05, 0.1) is 30.6 Å². The van der Waals surface area contributed by atoms with E-state index in [1.807, 2.05) is 60.9 Å². The Morgan fingerprint density at radius 1 is 1.06 bits per heavy atom. The zero-order valence-electron chi connectivity index (χ0n) is 19.6. The van der Waals surface area contributed by atoms with Gasteiger partial charge in [0.25, 0.3) is 0 Å². The molecule has 1 aliphatic heterocycles. The summed E-state index contributed by atoms with van der Waals surface area (Å²) in [5, 5.41) is 15.3. The molecule has 0 unspecified atom stereocenters. The highest BCUT2D eigenvalue weighted by molar-refractivity contribution is 7.80. The van der Waals surface area contributed by atoms with Crippen LogP contribution in [-0.4, -0.2) is 26.9 Å². The molecule has 2 aromatic carbocycles. The molecule has 2 aromatic heterocycles. The Bertz CT molecular complexity index is 1410. The number of rotatable bonds is 5. The number of thiocarbonyl (C=S) groups is 1. The lowest BCUT2D eigenvalue weighted by Gasteiger charge is -2.28. The van der Waals surface area contributed by atoms with Crippen molar-refractivity contribution in [1.29, 1.82) is 0 Å². The predicted molar refractivity (Wildman–Crippen MR) is 143 cm³/mol. The lowest BCUT2D eigenvalue weighted by molar-refractivity contribution is 0.415. The first kappa shape index (κ1) is 23.2. The standard InChI is InChI=1S/C27H25ClN4O2S/c1-16-13-21(17(2)31(16)23-14-18(28)10-11-24(23)33)26-25(22-9-4-5-12-29-22)30-27(35)32(26)19-7-6-8-20(15-19)34-3/h4-15,25-26,33H,1-3H3,(H,30,35)/t25-,26+/m0/s1. The average Bonchev–Trinajstić information content (AvgIpc) is 3.36. The Morgan fingerprint density at radius 3 is 2.63 bits per heavy atom. The molecule has 6 nitrogen and oxygen atoms in total. The number of nitrogens with zero attached hydrogens (tertiary/aromatic N) is 3. The van der Waals surface area contributed by atoms with E-state index in [4.69, 9.17) is 28.6 Å². The number of pyridine rings is 1. The van der Waals surface area contributed by atoms with E-state index < -0.39 is 0 Å². The minimum Gasteiger partial charge on any atom is -0.506 e. The van der Waals surface area contributed by atoms with Crippen LogP contribution >= 0.6 is 23.8 Å². The van der Waals surface area contributed by atoms with Gasteiger partial charge in [-0.1, -0.05) is 23.7 Å². The third kappa shape index (κ3) is 4.11. The van der Waals surface area contributed by atoms with E-state index in [0.717, 1.165) is 34.1 Å². The van der Waals surface area contributed by atoms with Crippen molar-refractivity contribution in [2.75, 3.05) is 12.0 Å². The van der Waals surface area contributed by atoms with Crippen molar-refractivity contribution in [3.8, 4) is 17.2 Å². The molecule has 35 heavy (non-hydrogen) atoms. The third-order valence-corrected chi connectivity index (χ3v) is 6.95. The number of benzene rings is 2. The molecule has 0 saturated carbocycles. The number of nitrogens with one attached hydrogen (secondary N) is 1. The molecule has 178 valence electrons. The fourth-order valence-electron chi connectivity index (χ4n) is 4.84. The van der Waals surface area contributed by atoms with Crippen molar-refractivity contribution >= 4 is 34.6 Å². The highest BCUT2D eigenvalue weighted by Gasteiger charge is 2.42. The van der Waals surface area contributed by atoms with Gasteiger partial charge in [0, 0.05) is 34.4 Å². The monoisotopic (exact) mass is 504 g/mol. The summed E-state index contributed by atoms with van der Waals surface area (Å²) in [5.74, 6) is 0.911. The van der Waals surface area contributed by atoms with E-state index in [0.29, 0.717) is 15.8 Å². The summed E-state index contributed by atoms with van der Waals surface area (Å²) >= 11 is 12.1. The summed E-state index contributed by atoms with van der Waals surface area (Å²) in [6.07, 6.45) is 1.79. The first-order valence-electron chi connectivity index (χ1n) is 11.2. The SMILES string of the molecule is COc1cccc(N2C(=S)N[C@@H](c3ccccn3)[C@H]2c2cc(C)n(-c3cc(Cl)ccc3O)c2C)c1. The Kier molecular flexibility index (Phi) is 6.13. The number of methoxy groups -OCH3 is 1. The van der Waals surface area contributed by atoms with Crippen molar-refractivity contribution in [3.63, 3.8) is 0 Å². The maximum atomic E-state index is 10.6. The third-order valence-electron chi connectivity index (χ3n) is 6.40. The number of halogens is 1. The van der Waals surface area contributed by atoms with Gasteiger partial charge in [-0.2, -0.15) is 0 Å². The van der Waals surface area contributed by atoms with Crippen molar-refractivity contribution in [2.45, 2.75) is 25.9 Å². The molecule has 0 radical (unpaired) electrons. The molecular weight excluding hydrogens is 480 g/mol. The van der Waals surface area contributed by atoms with Crippen LogP contribution in [0.3, 0.4) is 0 Å². The first-order chi connectivity index (χ1) is 16.9. The molecule has 1 aliphatic rings. The molecule has 3 heterocycles. The molecule has 0 spiro atoms. The fourth-order valence-corrected chi connectivity index (χ4v) is 5.36. The van der Waals surface area contributed by atoms with Crippen LogP contribution < -0.4 is 15.0 Å². The Hall–Kier alpha value is -3.55. The number of hydrogen-bond donors (Lipinski definition) is 2. The Morgan fingerprint density at radius 2 is 1.89 bits per heavy atom. The lowest BCUT2D eigenvalue weighted by atomic mass is 9.96. The van der Waals surface area contributed by atoms with Gasteiger partial charge in [0.2, 0.25) is 0 Å². The van der Waals surface area contributed by atoms with E-state index in [2.05, 4.69) is 21.3 Å². The summed E-state index contributed by atoms with van der Waals surface area (Å²) in [5.41, 5.74) is 5.45. The smallest absolute Gasteiger partial charge is 0.174 e. The Labute approximate surface area is 214 Å². The topological polar surface area (TPSA) is 62.5 Å². The number of aromatic nitrogens is 2. The van der Waals surface area contributed by atoms with E-state index in [-0.39, 0.29) is 17.8 Å². The average molecular weight is 505 g/mol. The van der Waals surface area contributed by atoms with E-state index >= 15 is 0 Å². The van der Waals surface area contributed by atoms with E-state index in [1.54, 1.807) is 31.5 Å². The summed E-state index contributed by atoms with van der Waals surface area (Å²) in [6.45, 7) is 4.06. The lowest BCUT2D eigenvalue weighted by Crippen LogP contribution is -2.29. The minimum absolute atomic E-state index is 0.161. The van der Waals surface area contributed by atoms with Crippen LogP contribution in [0.15, 0.2) is 72.9 Å². The van der Waals surface area contributed by atoms with Crippen molar-refractivity contribution in [1.82, 2.24) is 14.9 Å². The fraction of sp³-hybridized carbons (Fsp3) is 0.185. The van der Waals surface area contributed by atoms with Gasteiger partial charge in [0.1, 0.15) is 11.5 Å². The van der Waals surface area contributed by atoms with Crippen LogP contribution in [-0.2, 0) is 0 Å². The molecule has 2 atom stereocenters. The van der Waals surface area contributed by atoms with Crippen LogP contribution in [0, 0.1) is 13.8 Å². The molecule has 4 aromatic rings. The zero-order chi connectivity index (χ0) is 24.7. The second-order valence-corrected chi connectivity index (χ2v) is 9.32. The van der Waals surface area contributed by atoms with Crippen LogP contribution in [0.4, 0.5) is 5.69 Å². The van der Waals surface area contributed by atoms with Gasteiger partial charge in [-0.15, -0.1) is 0 Å². The number of ether oxygens (including phenoxy) is 1. The molecule has 2 N–H and O–H groups in total. The molecule has 1 fully saturated rings. The van der Waals surface area contributed by atoms with E-state index in [1.165, 1.54) is 0 Å². The summed E-state index contributed by atoms with van der Waals surface area (Å²) in [6, 6.07) is 20.6. The molecule has 0 aliphatic carbocycles. The Balaban J connectivity index is 1.70. The molecule has 8 heteroatoms. The van der Waals surface area contributed by atoms with Crippen LogP contribution in [0.2, 0.25) is 5.02 Å². The predicted octanol–water partition coefficient (Wildman–Crippen LogP) is 6.03. The number of phenols is 1. The van der Waals surface area contributed by atoms with Crippen LogP contribution in [0.1, 0.15) is 34.7 Å². The van der Waals surface area contributed by atoms with Gasteiger partial charge in [-0.05, 0) is 80.2 Å². The number of phenolic OH excluding ortho intramolecular Hbond substituents is 1. The van der Waals surface area contributed by atoms with Crippen molar-refractivity contribution < 1.29 is 9.84 Å². The van der Waals surface area contributed by atoms with Gasteiger partial charge in [-0.25, -0.2) is 0 Å². The van der Waals surface area contributed by atoms with Crippen LogP contribution in [0.25, 0.3) is 5.69 Å². The van der Waals surface area contributed by atoms with Crippen LogP contribution in [0.5, 0.6) is 11.5 Å². The summed E-state index contributed by atoms with van der Waals surface area (Å²) < 4.78 is 7.51. The van der Waals surface area contributed by atoms with E-state index in [9.17, 15) is 5.11 Å². The molecule has 5 rings (SSSR count). The van der Waals surface area contributed by atoms with Gasteiger partial charge >= 0.3 is 0 Å².